The highest BCUT2D eigenvalue weighted by atomic mass is 32.2. The quantitative estimate of drug-likeness (QED) is 0.814. The van der Waals surface area contributed by atoms with Crippen LogP contribution >= 0.6 is 11.8 Å². The highest BCUT2D eigenvalue weighted by Crippen LogP contribution is 2.23. The van der Waals surface area contributed by atoms with Crippen molar-refractivity contribution < 1.29 is 14.6 Å². The van der Waals surface area contributed by atoms with Gasteiger partial charge in [-0.25, -0.2) is 4.98 Å². The molecular formula is C12H13N3O3S. The summed E-state index contributed by atoms with van der Waals surface area (Å²) in [6, 6.07) is 7.36. The van der Waals surface area contributed by atoms with Gasteiger partial charge in [-0.2, -0.15) is 0 Å². The molecule has 1 unspecified atom stereocenters. The summed E-state index contributed by atoms with van der Waals surface area (Å²) in [5.74, 6) is 0.473. The largest absolute Gasteiger partial charge is 0.497 e. The van der Waals surface area contributed by atoms with Crippen molar-refractivity contribution in [3.63, 3.8) is 0 Å². The Morgan fingerprint density at radius 3 is 2.68 bits per heavy atom. The van der Waals surface area contributed by atoms with Gasteiger partial charge in [-0.3, -0.25) is 9.89 Å². The summed E-state index contributed by atoms with van der Waals surface area (Å²) in [4.78, 5) is 15.0. The zero-order valence-corrected chi connectivity index (χ0v) is 11.3. The van der Waals surface area contributed by atoms with Gasteiger partial charge in [0.1, 0.15) is 11.0 Å². The molecule has 0 fully saturated rings. The van der Waals surface area contributed by atoms with Gasteiger partial charge >= 0.3 is 5.97 Å². The zero-order chi connectivity index (χ0) is 13.8. The van der Waals surface area contributed by atoms with E-state index in [-0.39, 0.29) is 0 Å². The molecule has 0 saturated heterocycles. The van der Waals surface area contributed by atoms with E-state index < -0.39 is 11.2 Å². The van der Waals surface area contributed by atoms with Crippen LogP contribution in [0.4, 0.5) is 0 Å². The molecule has 6 nitrogen and oxygen atoms in total. The standard InChI is InChI=1S/C12H13N3O3S/c1-7(11(16)17)19-12-13-10(14-15-12)8-3-5-9(18-2)6-4-8/h3-7H,1-2H3,(H,16,17)(H,13,14,15). The lowest BCUT2D eigenvalue weighted by molar-refractivity contribution is -0.136. The Labute approximate surface area is 114 Å². The average molecular weight is 279 g/mol. The number of aliphatic carboxylic acids is 1. The van der Waals surface area contributed by atoms with Gasteiger partial charge in [0, 0.05) is 5.56 Å². The summed E-state index contributed by atoms with van der Waals surface area (Å²) in [6.07, 6.45) is 0. The van der Waals surface area contributed by atoms with Gasteiger partial charge in [0.2, 0.25) is 5.16 Å². The second-order valence-electron chi connectivity index (χ2n) is 3.79. The Hall–Kier alpha value is -2.02. The van der Waals surface area contributed by atoms with E-state index in [1.165, 1.54) is 0 Å². The second-order valence-corrected chi connectivity index (χ2v) is 5.10. The number of hydrogen-bond acceptors (Lipinski definition) is 5. The molecule has 100 valence electrons. The third-order valence-electron chi connectivity index (χ3n) is 2.46. The van der Waals surface area contributed by atoms with Crippen LogP contribution < -0.4 is 4.74 Å². The summed E-state index contributed by atoms with van der Waals surface area (Å²) in [5.41, 5.74) is 0.864. The molecule has 19 heavy (non-hydrogen) atoms. The predicted octanol–water partition coefficient (Wildman–Crippen LogP) is 2.05. The fourth-order valence-electron chi connectivity index (χ4n) is 1.39. The first-order valence-electron chi connectivity index (χ1n) is 5.56. The first-order valence-corrected chi connectivity index (χ1v) is 6.44. The molecule has 0 aliphatic carbocycles. The van der Waals surface area contributed by atoms with E-state index in [0.717, 1.165) is 23.1 Å². The maximum absolute atomic E-state index is 10.8. The van der Waals surface area contributed by atoms with E-state index in [0.29, 0.717) is 11.0 Å². The first-order chi connectivity index (χ1) is 9.10. The molecule has 0 bridgehead atoms. The maximum atomic E-state index is 10.8. The number of methoxy groups -OCH3 is 1. The number of aromatic amines is 1. The molecule has 1 aromatic heterocycles. The van der Waals surface area contributed by atoms with Crippen molar-refractivity contribution in [1.29, 1.82) is 0 Å². The fraction of sp³-hybridized carbons (Fsp3) is 0.250. The van der Waals surface area contributed by atoms with Gasteiger partial charge in [0.25, 0.3) is 0 Å². The van der Waals surface area contributed by atoms with Crippen molar-refractivity contribution in [2.24, 2.45) is 0 Å². The van der Waals surface area contributed by atoms with E-state index in [2.05, 4.69) is 15.2 Å². The smallest absolute Gasteiger partial charge is 0.316 e. The minimum absolute atomic E-state index is 0.417. The Kier molecular flexibility index (Phi) is 4.06. The number of H-pyrrole nitrogens is 1. The maximum Gasteiger partial charge on any atom is 0.316 e. The molecule has 2 aromatic rings. The van der Waals surface area contributed by atoms with E-state index in [4.69, 9.17) is 9.84 Å². The summed E-state index contributed by atoms with van der Waals surface area (Å²) >= 11 is 1.10. The summed E-state index contributed by atoms with van der Waals surface area (Å²) in [5, 5.41) is 15.4. The number of carboxylic acids is 1. The third kappa shape index (κ3) is 3.25. The van der Waals surface area contributed by atoms with Gasteiger partial charge in [-0.15, -0.1) is 5.10 Å². The van der Waals surface area contributed by atoms with Crippen LogP contribution in [0.15, 0.2) is 29.4 Å². The molecule has 1 heterocycles. The van der Waals surface area contributed by atoms with Gasteiger partial charge in [0.15, 0.2) is 5.82 Å². The number of thioether (sulfide) groups is 1. The van der Waals surface area contributed by atoms with Crippen LogP contribution in [0, 0.1) is 0 Å². The number of carbonyl (C=O) groups is 1. The number of carboxylic acid groups (broad SMARTS) is 1. The van der Waals surface area contributed by atoms with Gasteiger partial charge in [-0.1, -0.05) is 11.8 Å². The van der Waals surface area contributed by atoms with Crippen LogP contribution in [0.1, 0.15) is 6.92 Å². The van der Waals surface area contributed by atoms with Crippen LogP contribution in [-0.4, -0.2) is 38.6 Å². The van der Waals surface area contributed by atoms with E-state index >= 15 is 0 Å². The summed E-state index contributed by atoms with van der Waals surface area (Å²) < 4.78 is 5.07. The van der Waals surface area contributed by atoms with Gasteiger partial charge in [-0.05, 0) is 31.2 Å². The van der Waals surface area contributed by atoms with Gasteiger partial charge < -0.3 is 9.84 Å². The second kappa shape index (κ2) is 5.75. The first kappa shape index (κ1) is 13.4. The molecular weight excluding hydrogens is 266 g/mol. The van der Waals surface area contributed by atoms with E-state index in [1.807, 2.05) is 24.3 Å². The molecule has 0 radical (unpaired) electrons. The number of aromatic nitrogens is 3. The minimum Gasteiger partial charge on any atom is -0.497 e. The molecule has 0 amide bonds. The van der Waals surface area contributed by atoms with Crippen molar-refractivity contribution in [1.82, 2.24) is 15.2 Å². The average Bonchev–Trinajstić information content (AvgIpc) is 2.87. The number of nitrogens with one attached hydrogen (secondary N) is 1. The lowest BCUT2D eigenvalue weighted by Crippen LogP contribution is -2.11. The zero-order valence-electron chi connectivity index (χ0n) is 10.5. The molecule has 2 N–H and O–H groups in total. The number of benzene rings is 1. The van der Waals surface area contributed by atoms with Crippen LogP contribution in [0.25, 0.3) is 11.4 Å². The van der Waals surface area contributed by atoms with E-state index in [9.17, 15) is 4.79 Å². The summed E-state index contributed by atoms with van der Waals surface area (Å²) in [7, 11) is 1.60. The van der Waals surface area contributed by atoms with Crippen molar-refractivity contribution in [2.45, 2.75) is 17.3 Å². The Morgan fingerprint density at radius 1 is 1.42 bits per heavy atom. The number of nitrogens with zero attached hydrogens (tertiary/aromatic N) is 2. The van der Waals surface area contributed by atoms with E-state index in [1.54, 1.807) is 14.0 Å². The monoisotopic (exact) mass is 279 g/mol. The Bertz CT molecular complexity index is 568. The van der Waals surface area contributed by atoms with Crippen LogP contribution in [0.5, 0.6) is 5.75 Å². The Balaban J connectivity index is 2.13. The van der Waals surface area contributed by atoms with Crippen molar-refractivity contribution in [2.75, 3.05) is 7.11 Å². The number of rotatable bonds is 5. The molecule has 7 heteroatoms. The highest BCUT2D eigenvalue weighted by molar-refractivity contribution is 8.00. The van der Waals surface area contributed by atoms with Gasteiger partial charge in [0.05, 0.1) is 7.11 Å². The van der Waals surface area contributed by atoms with Crippen molar-refractivity contribution >= 4 is 17.7 Å². The number of hydrogen-bond donors (Lipinski definition) is 2. The van der Waals surface area contributed by atoms with Crippen LogP contribution in [-0.2, 0) is 4.79 Å². The van der Waals surface area contributed by atoms with Crippen LogP contribution in [0.3, 0.4) is 0 Å². The lowest BCUT2D eigenvalue weighted by atomic mass is 10.2. The fourth-order valence-corrected chi connectivity index (χ4v) is 2.05. The molecule has 2 rings (SSSR count). The molecule has 0 aliphatic rings. The highest BCUT2D eigenvalue weighted by Gasteiger charge is 2.16. The summed E-state index contributed by atoms with van der Waals surface area (Å²) in [6.45, 7) is 1.59. The van der Waals surface area contributed by atoms with Crippen molar-refractivity contribution in [3.05, 3.63) is 24.3 Å². The molecule has 1 atom stereocenters. The predicted molar refractivity (Wildman–Crippen MR) is 71.3 cm³/mol. The third-order valence-corrected chi connectivity index (χ3v) is 3.41. The number of ether oxygens (including phenoxy) is 1. The minimum atomic E-state index is -0.888. The topological polar surface area (TPSA) is 88.1 Å². The SMILES string of the molecule is COc1ccc(-c2nc(SC(C)C(=O)O)n[nH]2)cc1. The lowest BCUT2D eigenvalue weighted by Gasteiger charge is -2.01. The normalized spacial score (nSPS) is 12.1. The Morgan fingerprint density at radius 2 is 2.11 bits per heavy atom. The van der Waals surface area contributed by atoms with Crippen molar-refractivity contribution in [3.8, 4) is 17.1 Å². The molecule has 1 aromatic carbocycles. The van der Waals surface area contributed by atoms with Crippen LogP contribution in [0.2, 0.25) is 0 Å². The molecule has 0 saturated carbocycles. The molecule has 0 spiro atoms. The molecule has 0 aliphatic heterocycles.